The molecule has 5 nitrogen and oxygen atoms in total. The third-order valence-corrected chi connectivity index (χ3v) is 4.81. The third-order valence-electron chi connectivity index (χ3n) is 4.81. The van der Waals surface area contributed by atoms with Gasteiger partial charge in [-0.15, -0.1) is 0 Å². The Bertz CT molecular complexity index is 1350. The zero-order valence-electron chi connectivity index (χ0n) is 16.2. The number of aromatic nitrogens is 1. The van der Waals surface area contributed by atoms with Crippen LogP contribution in [0.25, 0.3) is 22.4 Å². The van der Waals surface area contributed by atoms with E-state index in [1.54, 1.807) is 6.07 Å². The molecule has 150 valence electrons. The predicted octanol–water partition coefficient (Wildman–Crippen LogP) is 4.97. The third kappa shape index (κ3) is 4.26. The van der Waals surface area contributed by atoms with Crippen molar-refractivity contribution in [3.63, 3.8) is 0 Å². The maximum Gasteiger partial charge on any atom is 0.261 e. The molecule has 2 N–H and O–H groups in total. The Labute approximate surface area is 177 Å². The highest BCUT2D eigenvalue weighted by Gasteiger charge is 2.14. The molecule has 0 radical (unpaired) electrons. The topological polar surface area (TPSA) is 85.8 Å². The fourth-order valence-electron chi connectivity index (χ4n) is 3.20. The summed E-state index contributed by atoms with van der Waals surface area (Å²) in [6.07, 6.45) is 0. The minimum atomic E-state index is -0.685. The van der Waals surface area contributed by atoms with Crippen LogP contribution >= 0.6 is 0 Å². The first-order chi connectivity index (χ1) is 15.0. The Kier molecular flexibility index (Phi) is 5.41. The van der Waals surface area contributed by atoms with Gasteiger partial charge in [0.15, 0.2) is 0 Å². The number of H-pyrrole nitrogens is 1. The number of hydrogen-bond donors (Lipinski definition) is 2. The number of pyridine rings is 1. The summed E-state index contributed by atoms with van der Waals surface area (Å²) in [5.41, 5.74) is 2.94. The molecule has 1 heterocycles. The van der Waals surface area contributed by atoms with Gasteiger partial charge in [-0.2, -0.15) is 5.26 Å². The predicted molar refractivity (Wildman–Crippen MR) is 117 cm³/mol. The van der Waals surface area contributed by atoms with E-state index < -0.39 is 17.3 Å². The number of nitrogens with one attached hydrogen (secondary N) is 2. The summed E-state index contributed by atoms with van der Waals surface area (Å²) in [6.45, 7) is 0. The van der Waals surface area contributed by atoms with Crippen LogP contribution in [0.1, 0.15) is 15.9 Å². The summed E-state index contributed by atoms with van der Waals surface area (Å²) in [5.74, 6) is -1.27. The van der Waals surface area contributed by atoms with Crippen molar-refractivity contribution in [2.45, 2.75) is 0 Å². The van der Waals surface area contributed by atoms with E-state index in [0.29, 0.717) is 5.69 Å². The number of rotatable bonds is 4. The first-order valence-electron chi connectivity index (χ1n) is 9.45. The molecule has 0 aliphatic rings. The molecule has 1 amide bonds. The van der Waals surface area contributed by atoms with Crippen LogP contribution in [0.2, 0.25) is 0 Å². The second-order valence-corrected chi connectivity index (χ2v) is 6.81. The highest BCUT2D eigenvalue weighted by molar-refractivity contribution is 6.04. The van der Waals surface area contributed by atoms with Gasteiger partial charge in [0, 0.05) is 5.69 Å². The fraction of sp³-hybridized carbons (Fsp3) is 0. The van der Waals surface area contributed by atoms with Crippen molar-refractivity contribution in [3.05, 3.63) is 112 Å². The van der Waals surface area contributed by atoms with Crippen molar-refractivity contribution >= 4 is 11.6 Å². The molecule has 0 atom stereocenters. The van der Waals surface area contributed by atoms with E-state index >= 15 is 0 Å². The summed E-state index contributed by atoms with van der Waals surface area (Å²) in [4.78, 5) is 27.7. The van der Waals surface area contributed by atoms with Crippen molar-refractivity contribution in [3.8, 4) is 28.5 Å². The summed E-state index contributed by atoms with van der Waals surface area (Å²) < 4.78 is 13.3. The molecule has 0 saturated carbocycles. The molecule has 4 rings (SSSR count). The lowest BCUT2D eigenvalue weighted by molar-refractivity contribution is 0.102. The number of hydrogen-bond acceptors (Lipinski definition) is 3. The molecular formula is C25H16FN3O2. The van der Waals surface area contributed by atoms with Gasteiger partial charge in [0.25, 0.3) is 11.5 Å². The molecule has 4 aromatic rings. The quantitative estimate of drug-likeness (QED) is 0.499. The van der Waals surface area contributed by atoms with Gasteiger partial charge in [0.05, 0.1) is 11.3 Å². The average molecular weight is 409 g/mol. The van der Waals surface area contributed by atoms with E-state index in [-0.39, 0.29) is 16.8 Å². The molecule has 0 bridgehead atoms. The van der Waals surface area contributed by atoms with E-state index in [2.05, 4.69) is 10.3 Å². The van der Waals surface area contributed by atoms with E-state index in [4.69, 9.17) is 5.26 Å². The number of halogens is 1. The van der Waals surface area contributed by atoms with Crippen molar-refractivity contribution < 1.29 is 9.18 Å². The zero-order chi connectivity index (χ0) is 21.8. The van der Waals surface area contributed by atoms with Crippen LogP contribution in [0.4, 0.5) is 10.1 Å². The van der Waals surface area contributed by atoms with Crippen LogP contribution in [-0.4, -0.2) is 10.9 Å². The van der Waals surface area contributed by atoms with Crippen LogP contribution in [0.5, 0.6) is 0 Å². The Morgan fingerprint density at radius 2 is 1.55 bits per heavy atom. The van der Waals surface area contributed by atoms with Crippen molar-refractivity contribution in [1.29, 1.82) is 5.26 Å². The largest absolute Gasteiger partial charge is 0.321 e. The molecule has 0 saturated heterocycles. The summed E-state index contributed by atoms with van der Waals surface area (Å²) >= 11 is 0. The van der Waals surface area contributed by atoms with E-state index in [9.17, 15) is 14.0 Å². The number of carbonyl (C=O) groups excluding carboxylic acids is 1. The second kappa shape index (κ2) is 8.47. The van der Waals surface area contributed by atoms with Gasteiger partial charge in [-0.25, -0.2) is 4.39 Å². The lowest BCUT2D eigenvalue weighted by Crippen LogP contribution is -2.23. The normalized spacial score (nSPS) is 10.3. The SMILES string of the molecule is N#Cc1cc(F)ccc1NC(=O)c1ccc(-c2ccc(-c3ccccc3)cc2)[nH]c1=O. The van der Waals surface area contributed by atoms with Gasteiger partial charge in [-0.1, -0.05) is 54.6 Å². The van der Waals surface area contributed by atoms with Crippen LogP contribution in [0.15, 0.2) is 89.7 Å². The maximum atomic E-state index is 13.3. The molecule has 1 aromatic heterocycles. The van der Waals surface area contributed by atoms with Crippen molar-refractivity contribution in [2.75, 3.05) is 5.32 Å². The fourth-order valence-corrected chi connectivity index (χ4v) is 3.20. The molecule has 0 fully saturated rings. The second-order valence-electron chi connectivity index (χ2n) is 6.81. The Hall–Kier alpha value is -4.50. The number of amides is 1. The number of nitrogens with zero attached hydrogens (tertiary/aromatic N) is 1. The van der Waals surface area contributed by atoms with E-state index in [1.165, 1.54) is 12.1 Å². The Morgan fingerprint density at radius 1 is 0.871 bits per heavy atom. The molecule has 3 aromatic carbocycles. The number of nitriles is 1. The summed E-state index contributed by atoms with van der Waals surface area (Å²) in [7, 11) is 0. The molecule has 31 heavy (non-hydrogen) atoms. The average Bonchev–Trinajstić information content (AvgIpc) is 2.80. The van der Waals surface area contributed by atoms with Crippen molar-refractivity contribution in [2.24, 2.45) is 0 Å². The van der Waals surface area contributed by atoms with Gasteiger partial charge in [0.2, 0.25) is 0 Å². The monoisotopic (exact) mass is 409 g/mol. The number of carbonyl (C=O) groups is 1. The standard InChI is InChI=1S/C25H16FN3O2/c26-20-10-12-23(19(14-20)15-27)29-25(31)21-11-13-22(28-24(21)30)18-8-6-17(7-9-18)16-4-2-1-3-5-16/h1-14H,(H,28,30)(H,29,31). The highest BCUT2D eigenvalue weighted by atomic mass is 19.1. The smallest absolute Gasteiger partial charge is 0.261 e. The van der Waals surface area contributed by atoms with Crippen LogP contribution in [0, 0.1) is 17.1 Å². The van der Waals surface area contributed by atoms with Crippen molar-refractivity contribution in [1.82, 2.24) is 4.98 Å². The molecule has 0 spiro atoms. The van der Waals surface area contributed by atoms with Crippen LogP contribution < -0.4 is 10.9 Å². The summed E-state index contributed by atoms with van der Waals surface area (Å²) in [5, 5.41) is 11.6. The van der Waals surface area contributed by atoms with Gasteiger partial charge >= 0.3 is 0 Å². The van der Waals surface area contributed by atoms with Gasteiger partial charge < -0.3 is 10.3 Å². The first-order valence-corrected chi connectivity index (χ1v) is 9.45. The van der Waals surface area contributed by atoms with E-state index in [1.807, 2.05) is 60.7 Å². The minimum absolute atomic E-state index is 0.0279. The molecular weight excluding hydrogens is 393 g/mol. The van der Waals surface area contributed by atoms with Gasteiger partial charge in [0.1, 0.15) is 17.4 Å². The molecule has 0 aliphatic carbocycles. The minimum Gasteiger partial charge on any atom is -0.321 e. The lowest BCUT2D eigenvalue weighted by atomic mass is 10.0. The molecule has 6 heteroatoms. The number of benzene rings is 3. The maximum absolute atomic E-state index is 13.3. The van der Waals surface area contributed by atoms with E-state index in [0.717, 1.165) is 28.8 Å². The molecule has 0 unspecified atom stereocenters. The van der Waals surface area contributed by atoms with Gasteiger partial charge in [-0.05, 0) is 47.0 Å². The highest BCUT2D eigenvalue weighted by Crippen LogP contribution is 2.23. The number of aromatic amines is 1. The van der Waals surface area contributed by atoms with Gasteiger partial charge in [-0.3, -0.25) is 9.59 Å². The van der Waals surface area contributed by atoms with Crippen LogP contribution in [0.3, 0.4) is 0 Å². The zero-order valence-corrected chi connectivity index (χ0v) is 16.2. The van der Waals surface area contributed by atoms with Crippen LogP contribution in [-0.2, 0) is 0 Å². The first kappa shape index (κ1) is 19.8. The Balaban J connectivity index is 1.56. The Morgan fingerprint density at radius 3 is 2.23 bits per heavy atom. The lowest BCUT2D eigenvalue weighted by Gasteiger charge is -2.08. The number of anilines is 1. The summed E-state index contributed by atoms with van der Waals surface area (Å²) in [6, 6.07) is 25.9. The molecule has 0 aliphatic heterocycles.